The van der Waals surface area contributed by atoms with E-state index in [0.717, 1.165) is 39.1 Å². The van der Waals surface area contributed by atoms with Gasteiger partial charge in [-0.1, -0.05) is 30.9 Å². The van der Waals surface area contributed by atoms with E-state index in [1.165, 1.54) is 26.2 Å². The smallest absolute Gasteiger partial charge is 0.319 e. The molecule has 28 heavy (non-hydrogen) atoms. The molecule has 1 saturated carbocycles. The Labute approximate surface area is 171 Å². The molecule has 0 aromatic heterocycles. The Morgan fingerprint density at radius 2 is 1.86 bits per heavy atom. The predicted octanol–water partition coefficient (Wildman–Crippen LogP) is 3.46. The van der Waals surface area contributed by atoms with Crippen LogP contribution in [0.5, 0.6) is 0 Å². The number of hydrogen-bond donors (Lipinski definition) is 3. The van der Waals surface area contributed by atoms with Crippen LogP contribution in [0.1, 0.15) is 39.0 Å². The van der Waals surface area contributed by atoms with Gasteiger partial charge in [0.05, 0.1) is 23.9 Å². The number of anilines is 2. The molecule has 0 radical (unpaired) electrons. The summed E-state index contributed by atoms with van der Waals surface area (Å²) in [5, 5.41) is 8.91. The maximum Gasteiger partial charge on any atom is 0.319 e. The number of carbonyl (C=O) groups excluding carboxylic acids is 2. The van der Waals surface area contributed by atoms with E-state index in [9.17, 15) is 9.59 Å². The summed E-state index contributed by atoms with van der Waals surface area (Å²) in [6, 6.07) is 4.74. The lowest BCUT2D eigenvalue weighted by molar-refractivity contribution is -0.114. The zero-order valence-corrected chi connectivity index (χ0v) is 17.1. The first kappa shape index (κ1) is 20.9. The highest BCUT2D eigenvalue weighted by Crippen LogP contribution is 2.34. The van der Waals surface area contributed by atoms with Crippen molar-refractivity contribution in [3.05, 3.63) is 23.2 Å². The van der Waals surface area contributed by atoms with Crippen LogP contribution >= 0.6 is 11.6 Å². The molecule has 0 unspecified atom stereocenters. The number of rotatable bonds is 5. The molecule has 1 saturated heterocycles. The molecule has 1 aliphatic heterocycles. The van der Waals surface area contributed by atoms with Crippen molar-refractivity contribution in [3.8, 4) is 0 Å². The normalized spacial score (nSPS) is 19.6. The summed E-state index contributed by atoms with van der Waals surface area (Å²) < 4.78 is 5.50. The maximum absolute atomic E-state index is 12.5. The van der Waals surface area contributed by atoms with Gasteiger partial charge in [0, 0.05) is 37.8 Å². The summed E-state index contributed by atoms with van der Waals surface area (Å²) in [6.07, 6.45) is 5.83. The van der Waals surface area contributed by atoms with Crippen molar-refractivity contribution in [3.63, 3.8) is 0 Å². The van der Waals surface area contributed by atoms with Gasteiger partial charge in [-0.05, 0) is 31.0 Å². The van der Waals surface area contributed by atoms with E-state index >= 15 is 0 Å². The molecule has 1 aliphatic carbocycles. The van der Waals surface area contributed by atoms with Crippen LogP contribution in [0.4, 0.5) is 16.2 Å². The number of halogens is 1. The van der Waals surface area contributed by atoms with E-state index in [1.54, 1.807) is 18.2 Å². The number of amides is 3. The van der Waals surface area contributed by atoms with E-state index < -0.39 is 0 Å². The summed E-state index contributed by atoms with van der Waals surface area (Å²) in [7, 11) is 0. The van der Waals surface area contributed by atoms with E-state index in [2.05, 4.69) is 20.9 Å². The molecular formula is C20H29ClN4O3. The van der Waals surface area contributed by atoms with Crippen LogP contribution in [0.2, 0.25) is 5.02 Å². The van der Waals surface area contributed by atoms with Gasteiger partial charge in [0.15, 0.2) is 0 Å². The summed E-state index contributed by atoms with van der Waals surface area (Å²) in [6.45, 7) is 5.39. The highest BCUT2D eigenvalue weighted by Gasteiger charge is 2.38. The molecule has 0 spiro atoms. The Bertz CT molecular complexity index is 701. The molecule has 3 N–H and O–H groups in total. The SMILES string of the molecule is CC(=O)Nc1ccc(NC(=O)NCC2(N3CCOCC3)CCCCC2)c(Cl)c1. The van der Waals surface area contributed by atoms with Crippen molar-refractivity contribution >= 4 is 34.9 Å². The van der Waals surface area contributed by atoms with Gasteiger partial charge in [0.2, 0.25) is 5.91 Å². The molecule has 1 heterocycles. The van der Waals surface area contributed by atoms with Crippen LogP contribution in [0.15, 0.2) is 18.2 Å². The topological polar surface area (TPSA) is 82.7 Å². The lowest BCUT2D eigenvalue weighted by Gasteiger charge is -2.48. The second-order valence-electron chi connectivity index (χ2n) is 7.57. The van der Waals surface area contributed by atoms with Gasteiger partial charge in [-0.15, -0.1) is 0 Å². The minimum absolute atomic E-state index is 0.0123. The number of nitrogens with zero attached hydrogens (tertiary/aromatic N) is 1. The Hall–Kier alpha value is -1.83. The Morgan fingerprint density at radius 1 is 1.14 bits per heavy atom. The first-order valence-corrected chi connectivity index (χ1v) is 10.3. The number of ether oxygens (including phenoxy) is 1. The van der Waals surface area contributed by atoms with Crippen molar-refractivity contribution in [1.82, 2.24) is 10.2 Å². The van der Waals surface area contributed by atoms with E-state index in [4.69, 9.17) is 16.3 Å². The second-order valence-corrected chi connectivity index (χ2v) is 7.98. The van der Waals surface area contributed by atoms with Crippen molar-refractivity contribution < 1.29 is 14.3 Å². The van der Waals surface area contributed by atoms with E-state index in [-0.39, 0.29) is 17.5 Å². The van der Waals surface area contributed by atoms with Gasteiger partial charge >= 0.3 is 6.03 Å². The number of carbonyl (C=O) groups is 2. The average molecular weight is 409 g/mol. The number of nitrogens with one attached hydrogen (secondary N) is 3. The predicted molar refractivity (Wildman–Crippen MR) is 111 cm³/mol. The van der Waals surface area contributed by atoms with E-state index in [1.807, 2.05) is 0 Å². The minimum atomic E-state index is -0.271. The molecule has 8 heteroatoms. The van der Waals surface area contributed by atoms with Crippen LogP contribution in [-0.4, -0.2) is 55.2 Å². The number of benzene rings is 1. The zero-order valence-electron chi connectivity index (χ0n) is 16.4. The van der Waals surface area contributed by atoms with Crippen LogP contribution in [0.25, 0.3) is 0 Å². The summed E-state index contributed by atoms with van der Waals surface area (Å²) in [4.78, 5) is 26.1. The molecule has 0 bridgehead atoms. The third-order valence-corrected chi connectivity index (χ3v) is 5.89. The van der Waals surface area contributed by atoms with Crippen molar-refractivity contribution in [1.29, 1.82) is 0 Å². The van der Waals surface area contributed by atoms with Gasteiger partial charge in [0.1, 0.15) is 0 Å². The third-order valence-electron chi connectivity index (χ3n) is 5.58. The van der Waals surface area contributed by atoms with Crippen molar-refractivity contribution in [2.45, 2.75) is 44.6 Å². The van der Waals surface area contributed by atoms with Crippen molar-refractivity contribution in [2.75, 3.05) is 43.5 Å². The van der Waals surface area contributed by atoms with E-state index in [0.29, 0.717) is 22.9 Å². The quantitative estimate of drug-likeness (QED) is 0.696. The fourth-order valence-corrected chi connectivity index (χ4v) is 4.39. The van der Waals surface area contributed by atoms with Gasteiger partial charge in [0.25, 0.3) is 0 Å². The number of morpholine rings is 1. The highest BCUT2D eigenvalue weighted by molar-refractivity contribution is 6.34. The van der Waals surface area contributed by atoms with Crippen molar-refractivity contribution in [2.24, 2.45) is 0 Å². The number of urea groups is 1. The van der Waals surface area contributed by atoms with Crippen LogP contribution in [0, 0.1) is 0 Å². The monoisotopic (exact) mass is 408 g/mol. The second kappa shape index (κ2) is 9.58. The molecule has 2 fully saturated rings. The molecular weight excluding hydrogens is 380 g/mol. The highest BCUT2D eigenvalue weighted by atomic mass is 35.5. The first-order chi connectivity index (χ1) is 13.5. The Kier molecular flexibility index (Phi) is 7.15. The van der Waals surface area contributed by atoms with Crippen LogP contribution in [-0.2, 0) is 9.53 Å². The van der Waals surface area contributed by atoms with Gasteiger partial charge in [-0.2, -0.15) is 0 Å². The molecule has 0 atom stereocenters. The van der Waals surface area contributed by atoms with Crippen LogP contribution < -0.4 is 16.0 Å². The molecule has 3 rings (SSSR count). The van der Waals surface area contributed by atoms with Gasteiger partial charge in [-0.3, -0.25) is 9.69 Å². The molecule has 1 aromatic rings. The average Bonchev–Trinajstić information content (AvgIpc) is 2.69. The fourth-order valence-electron chi connectivity index (χ4n) is 4.16. The lowest BCUT2D eigenvalue weighted by Crippen LogP contribution is -2.60. The summed E-state index contributed by atoms with van der Waals surface area (Å²) in [5.74, 6) is -0.171. The molecule has 1 aromatic carbocycles. The lowest BCUT2D eigenvalue weighted by atomic mass is 9.80. The molecule has 2 aliphatic rings. The van der Waals surface area contributed by atoms with Gasteiger partial charge in [-0.25, -0.2) is 4.79 Å². The maximum atomic E-state index is 12.5. The summed E-state index contributed by atoms with van der Waals surface area (Å²) >= 11 is 6.24. The zero-order chi connectivity index (χ0) is 20.0. The largest absolute Gasteiger partial charge is 0.379 e. The van der Waals surface area contributed by atoms with Crippen LogP contribution in [0.3, 0.4) is 0 Å². The van der Waals surface area contributed by atoms with Gasteiger partial charge < -0.3 is 20.7 Å². The fraction of sp³-hybridized carbons (Fsp3) is 0.600. The Morgan fingerprint density at radius 3 is 2.50 bits per heavy atom. The molecule has 154 valence electrons. The standard InChI is InChI=1S/C20H29ClN4O3/c1-15(26)23-16-5-6-18(17(21)13-16)24-19(27)22-14-20(7-3-2-4-8-20)25-9-11-28-12-10-25/h5-6,13H,2-4,7-12,14H2,1H3,(H,23,26)(H2,22,24,27). The third kappa shape index (κ3) is 5.37. The molecule has 7 nitrogen and oxygen atoms in total. The number of hydrogen-bond acceptors (Lipinski definition) is 4. The summed E-state index contributed by atoms with van der Waals surface area (Å²) in [5.41, 5.74) is 1.12. The Balaban J connectivity index is 1.59. The first-order valence-electron chi connectivity index (χ1n) is 9.93. The molecule has 3 amide bonds. The minimum Gasteiger partial charge on any atom is -0.379 e.